The van der Waals surface area contributed by atoms with E-state index in [9.17, 15) is 9.59 Å². The Hall–Kier alpha value is -2.78. The molecule has 0 radical (unpaired) electrons. The quantitative estimate of drug-likeness (QED) is 0.702. The number of hydrogen-bond donors (Lipinski definition) is 0. The van der Waals surface area contributed by atoms with Crippen LogP contribution in [-0.2, 0) is 32.3 Å². The molecule has 0 N–H and O–H groups in total. The lowest BCUT2D eigenvalue weighted by Gasteiger charge is -1.94. The average molecular weight is 282 g/mol. The molecule has 0 spiro atoms. The van der Waals surface area contributed by atoms with Crippen molar-refractivity contribution in [1.29, 1.82) is 0 Å². The lowest BCUT2D eigenvalue weighted by molar-refractivity contribution is -0.143. The van der Waals surface area contributed by atoms with Gasteiger partial charge in [-0.2, -0.15) is 0 Å². The normalized spacial score (nSPS) is 10.3. The third-order valence-electron chi connectivity index (χ3n) is 1.91. The summed E-state index contributed by atoms with van der Waals surface area (Å²) in [5, 5.41) is 14.6. The highest BCUT2D eigenvalue weighted by atomic mass is 16.5. The van der Waals surface area contributed by atoms with Crippen molar-refractivity contribution in [3.8, 4) is 11.8 Å². The van der Waals surface area contributed by atoms with Crippen molar-refractivity contribution in [3.63, 3.8) is 0 Å². The molecule has 0 amide bonds. The Bertz CT molecular complexity index is 565. The number of hydrogen-bond acceptors (Lipinski definition) is 10. The van der Waals surface area contributed by atoms with E-state index in [0.717, 1.165) is 0 Å². The van der Waals surface area contributed by atoms with Crippen molar-refractivity contribution in [2.75, 3.05) is 0 Å². The van der Waals surface area contributed by atoms with Crippen molar-refractivity contribution < 1.29 is 27.9 Å². The summed E-state index contributed by atoms with van der Waals surface area (Å²) in [5.41, 5.74) is 0. The molecule has 0 aliphatic rings. The van der Waals surface area contributed by atoms with Crippen LogP contribution in [0.15, 0.2) is 8.83 Å². The number of esters is 2. The van der Waals surface area contributed by atoms with Crippen LogP contribution in [0.2, 0.25) is 0 Å². The number of ether oxygens (including phenoxy) is 2. The van der Waals surface area contributed by atoms with Crippen molar-refractivity contribution in [1.82, 2.24) is 20.4 Å². The van der Waals surface area contributed by atoms with Gasteiger partial charge in [0, 0.05) is 13.8 Å². The predicted molar refractivity (Wildman–Crippen MR) is 58.5 cm³/mol. The summed E-state index contributed by atoms with van der Waals surface area (Å²) < 4.78 is 19.7. The van der Waals surface area contributed by atoms with Gasteiger partial charge in [-0.25, -0.2) is 0 Å². The number of aromatic nitrogens is 4. The second-order valence-corrected chi connectivity index (χ2v) is 3.56. The smallest absolute Gasteiger partial charge is 0.306 e. The van der Waals surface area contributed by atoms with Crippen LogP contribution in [0.4, 0.5) is 0 Å². The van der Waals surface area contributed by atoms with Crippen LogP contribution < -0.4 is 0 Å². The maximum atomic E-state index is 10.6. The van der Waals surface area contributed by atoms with Crippen LogP contribution in [0.1, 0.15) is 25.6 Å². The van der Waals surface area contributed by atoms with Gasteiger partial charge in [0.15, 0.2) is 13.2 Å². The number of carbonyl (C=O) groups excluding carboxylic acids is 2. The van der Waals surface area contributed by atoms with E-state index in [2.05, 4.69) is 29.9 Å². The Balaban J connectivity index is 2.01. The predicted octanol–water partition coefficient (Wildman–Crippen LogP) is 0.246. The monoisotopic (exact) mass is 282 g/mol. The molecule has 0 unspecified atom stereocenters. The van der Waals surface area contributed by atoms with Crippen LogP contribution >= 0.6 is 0 Å². The molecule has 10 nitrogen and oxygen atoms in total. The lowest BCUT2D eigenvalue weighted by Crippen LogP contribution is -1.98. The summed E-state index contributed by atoms with van der Waals surface area (Å²) in [4.78, 5) is 21.3. The molecule has 0 aliphatic carbocycles. The maximum absolute atomic E-state index is 10.6. The molecule has 0 bridgehead atoms. The third-order valence-corrected chi connectivity index (χ3v) is 1.91. The van der Waals surface area contributed by atoms with E-state index >= 15 is 0 Å². The van der Waals surface area contributed by atoms with Gasteiger partial charge in [0.05, 0.1) is 0 Å². The fourth-order valence-corrected chi connectivity index (χ4v) is 1.12. The van der Waals surface area contributed by atoms with Gasteiger partial charge in [-0.3, -0.25) is 9.59 Å². The molecular weight excluding hydrogens is 272 g/mol. The highest BCUT2D eigenvalue weighted by Crippen LogP contribution is 2.16. The molecule has 2 aromatic rings. The molecule has 0 saturated carbocycles. The molecule has 10 heteroatoms. The van der Waals surface area contributed by atoms with Gasteiger partial charge in [-0.15, -0.1) is 20.4 Å². The van der Waals surface area contributed by atoms with Gasteiger partial charge in [0.2, 0.25) is 0 Å². The Labute approximate surface area is 112 Å². The highest BCUT2D eigenvalue weighted by molar-refractivity contribution is 5.66. The minimum absolute atomic E-state index is 0.0197. The van der Waals surface area contributed by atoms with E-state index in [0.29, 0.717) is 0 Å². The largest absolute Gasteiger partial charge is 0.456 e. The minimum Gasteiger partial charge on any atom is -0.456 e. The Morgan fingerprint density at radius 3 is 1.60 bits per heavy atom. The summed E-state index contributed by atoms with van der Waals surface area (Å²) >= 11 is 0. The second kappa shape index (κ2) is 5.91. The standard InChI is InChI=1S/C10H10N4O6/c1-5(15)17-3-7-11-13-9(19-7)10-14-12-8(20-10)4-18-6(2)16/h3-4H2,1-2H3. The first-order valence-electron chi connectivity index (χ1n) is 5.46. The first kappa shape index (κ1) is 13.6. The first-order valence-corrected chi connectivity index (χ1v) is 5.46. The summed E-state index contributed by atoms with van der Waals surface area (Å²) in [5.74, 6) is -0.787. The molecule has 0 saturated heterocycles. The summed E-state index contributed by atoms with van der Waals surface area (Å²) in [7, 11) is 0. The zero-order chi connectivity index (χ0) is 14.5. The van der Waals surface area contributed by atoms with Crippen molar-refractivity contribution in [2.24, 2.45) is 0 Å². The molecule has 2 heterocycles. The van der Waals surface area contributed by atoms with Gasteiger partial charge in [0.25, 0.3) is 11.8 Å². The molecule has 0 fully saturated rings. The molecule has 0 aliphatic heterocycles. The van der Waals surface area contributed by atoms with E-state index in [4.69, 9.17) is 8.83 Å². The molecule has 20 heavy (non-hydrogen) atoms. The van der Waals surface area contributed by atoms with Crippen LogP contribution in [0.3, 0.4) is 0 Å². The molecule has 0 atom stereocenters. The van der Waals surface area contributed by atoms with Crippen molar-refractivity contribution >= 4 is 11.9 Å². The van der Waals surface area contributed by atoms with Crippen LogP contribution in [0.25, 0.3) is 11.8 Å². The lowest BCUT2D eigenvalue weighted by atomic mass is 10.6. The van der Waals surface area contributed by atoms with Gasteiger partial charge in [-0.1, -0.05) is 0 Å². The SMILES string of the molecule is CC(=O)OCc1nnc(-c2nnc(COC(C)=O)o2)o1. The number of carbonyl (C=O) groups is 2. The second-order valence-electron chi connectivity index (χ2n) is 3.56. The maximum Gasteiger partial charge on any atom is 0.306 e. The van der Waals surface area contributed by atoms with E-state index in [1.165, 1.54) is 13.8 Å². The van der Waals surface area contributed by atoms with Gasteiger partial charge in [0.1, 0.15) is 0 Å². The molecule has 2 aromatic heterocycles. The zero-order valence-corrected chi connectivity index (χ0v) is 10.7. The summed E-state index contributed by atoms with van der Waals surface area (Å²) in [6.45, 7) is 2.24. The average Bonchev–Trinajstić information content (AvgIpc) is 3.02. The zero-order valence-electron chi connectivity index (χ0n) is 10.7. The summed E-state index contributed by atoms with van der Waals surface area (Å²) in [6, 6.07) is 0. The van der Waals surface area contributed by atoms with E-state index in [-0.39, 0.29) is 36.8 Å². The molecule has 106 valence electrons. The Morgan fingerprint density at radius 2 is 1.25 bits per heavy atom. The Morgan fingerprint density at radius 1 is 0.850 bits per heavy atom. The molecule has 2 rings (SSSR count). The van der Waals surface area contributed by atoms with Gasteiger partial charge in [-0.05, 0) is 0 Å². The first-order chi connectivity index (χ1) is 9.54. The van der Waals surface area contributed by atoms with Crippen molar-refractivity contribution in [2.45, 2.75) is 27.1 Å². The topological polar surface area (TPSA) is 130 Å². The van der Waals surface area contributed by atoms with Gasteiger partial charge < -0.3 is 18.3 Å². The van der Waals surface area contributed by atoms with Crippen LogP contribution in [0, 0.1) is 0 Å². The van der Waals surface area contributed by atoms with Gasteiger partial charge >= 0.3 is 23.7 Å². The highest BCUT2D eigenvalue weighted by Gasteiger charge is 2.16. The van der Waals surface area contributed by atoms with E-state index in [1.54, 1.807) is 0 Å². The fraction of sp³-hybridized carbons (Fsp3) is 0.400. The van der Waals surface area contributed by atoms with Crippen LogP contribution in [0.5, 0.6) is 0 Å². The molecular formula is C10H10N4O6. The van der Waals surface area contributed by atoms with E-state index in [1.807, 2.05) is 0 Å². The summed E-state index contributed by atoms with van der Waals surface area (Å²) in [6.07, 6.45) is 0. The molecule has 0 aromatic carbocycles. The van der Waals surface area contributed by atoms with Crippen molar-refractivity contribution in [3.05, 3.63) is 11.8 Å². The fourth-order valence-electron chi connectivity index (χ4n) is 1.12. The van der Waals surface area contributed by atoms with E-state index < -0.39 is 11.9 Å². The Kier molecular flexibility index (Phi) is 4.03. The van der Waals surface area contributed by atoms with Crippen LogP contribution in [-0.4, -0.2) is 32.3 Å². The number of nitrogens with zero attached hydrogens (tertiary/aromatic N) is 4. The minimum atomic E-state index is -0.466. The third kappa shape index (κ3) is 3.60. The number of rotatable bonds is 5.